The van der Waals surface area contributed by atoms with Gasteiger partial charge in [0.15, 0.2) is 5.13 Å². The molecule has 0 bridgehead atoms. The SMILES string of the molecule is CC1CCc2sc(C(=O)Nc3nc(CN4CCCCC4)cs3)cc2C1. The van der Waals surface area contributed by atoms with Gasteiger partial charge in [-0.25, -0.2) is 4.98 Å². The molecule has 1 unspecified atom stereocenters. The number of fused-ring (bicyclic) bond motifs is 1. The number of piperidine rings is 1. The van der Waals surface area contributed by atoms with E-state index in [2.05, 4.69) is 33.6 Å². The minimum atomic E-state index is -0.00840. The smallest absolute Gasteiger partial charge is 0.267 e. The minimum absolute atomic E-state index is 0.00840. The van der Waals surface area contributed by atoms with Gasteiger partial charge in [0.1, 0.15) is 0 Å². The molecule has 1 aliphatic heterocycles. The number of carbonyl (C=O) groups excluding carboxylic acids is 1. The summed E-state index contributed by atoms with van der Waals surface area (Å²) in [5.41, 5.74) is 2.44. The Morgan fingerprint density at radius 2 is 2.20 bits per heavy atom. The van der Waals surface area contributed by atoms with E-state index in [4.69, 9.17) is 0 Å². The molecule has 6 heteroatoms. The number of carbonyl (C=O) groups is 1. The predicted octanol–water partition coefficient (Wildman–Crippen LogP) is 4.57. The summed E-state index contributed by atoms with van der Waals surface area (Å²) >= 11 is 3.19. The average Bonchev–Trinajstić information content (AvgIpc) is 3.22. The van der Waals surface area contributed by atoms with Gasteiger partial charge in [-0.05, 0) is 62.7 Å². The highest BCUT2D eigenvalue weighted by molar-refractivity contribution is 7.15. The van der Waals surface area contributed by atoms with Crippen LogP contribution in [0.3, 0.4) is 0 Å². The number of likely N-dealkylation sites (tertiary alicyclic amines) is 1. The van der Waals surface area contributed by atoms with Crippen LogP contribution in [0.2, 0.25) is 0 Å². The lowest BCUT2D eigenvalue weighted by Crippen LogP contribution is -2.29. The van der Waals surface area contributed by atoms with Crippen molar-refractivity contribution in [2.24, 2.45) is 5.92 Å². The summed E-state index contributed by atoms with van der Waals surface area (Å²) in [5.74, 6) is 0.722. The highest BCUT2D eigenvalue weighted by Gasteiger charge is 2.21. The first-order valence-electron chi connectivity index (χ1n) is 9.27. The van der Waals surface area contributed by atoms with Crippen LogP contribution >= 0.6 is 22.7 Å². The molecule has 1 amide bonds. The van der Waals surface area contributed by atoms with Crippen molar-refractivity contribution in [1.29, 1.82) is 0 Å². The van der Waals surface area contributed by atoms with E-state index >= 15 is 0 Å². The maximum atomic E-state index is 12.6. The topological polar surface area (TPSA) is 45.2 Å². The van der Waals surface area contributed by atoms with E-state index in [9.17, 15) is 4.79 Å². The Morgan fingerprint density at radius 3 is 3.04 bits per heavy atom. The summed E-state index contributed by atoms with van der Waals surface area (Å²) in [6.07, 6.45) is 7.38. The van der Waals surface area contributed by atoms with Gasteiger partial charge in [-0.1, -0.05) is 13.3 Å². The maximum absolute atomic E-state index is 12.6. The lowest BCUT2D eigenvalue weighted by atomic mass is 9.90. The van der Waals surface area contributed by atoms with Crippen LogP contribution in [-0.2, 0) is 19.4 Å². The van der Waals surface area contributed by atoms with Crippen molar-refractivity contribution < 1.29 is 4.79 Å². The number of rotatable bonds is 4. The first-order valence-corrected chi connectivity index (χ1v) is 11.0. The molecule has 1 N–H and O–H groups in total. The zero-order valence-electron chi connectivity index (χ0n) is 14.7. The summed E-state index contributed by atoms with van der Waals surface area (Å²) in [7, 11) is 0. The molecule has 4 nitrogen and oxygen atoms in total. The molecule has 0 radical (unpaired) electrons. The molecule has 2 aromatic heterocycles. The molecule has 2 aliphatic rings. The first kappa shape index (κ1) is 17.2. The minimum Gasteiger partial charge on any atom is -0.297 e. The Labute approximate surface area is 157 Å². The van der Waals surface area contributed by atoms with Crippen molar-refractivity contribution in [3.63, 3.8) is 0 Å². The molecule has 1 saturated heterocycles. The molecule has 134 valence electrons. The molecule has 1 atom stereocenters. The number of hydrogen-bond acceptors (Lipinski definition) is 5. The number of nitrogens with zero attached hydrogens (tertiary/aromatic N) is 2. The van der Waals surface area contributed by atoms with Gasteiger partial charge < -0.3 is 0 Å². The Bertz CT molecular complexity index is 746. The van der Waals surface area contributed by atoms with E-state index in [1.807, 2.05) is 0 Å². The number of thiazole rings is 1. The van der Waals surface area contributed by atoms with Gasteiger partial charge in [0, 0.05) is 16.8 Å². The third-order valence-electron chi connectivity index (χ3n) is 5.16. The Kier molecular flexibility index (Phi) is 5.20. The number of anilines is 1. The summed E-state index contributed by atoms with van der Waals surface area (Å²) in [4.78, 5) is 21.9. The molecule has 2 aromatic rings. The predicted molar refractivity (Wildman–Crippen MR) is 105 cm³/mol. The zero-order chi connectivity index (χ0) is 17.2. The van der Waals surface area contributed by atoms with Crippen LogP contribution in [0.25, 0.3) is 0 Å². The number of amides is 1. The van der Waals surface area contributed by atoms with Gasteiger partial charge in [0.05, 0.1) is 10.6 Å². The van der Waals surface area contributed by atoms with Crippen LogP contribution in [0, 0.1) is 5.92 Å². The summed E-state index contributed by atoms with van der Waals surface area (Å²) in [6, 6.07) is 2.09. The van der Waals surface area contributed by atoms with Crippen molar-refractivity contribution >= 4 is 33.7 Å². The van der Waals surface area contributed by atoms with Crippen molar-refractivity contribution in [3.8, 4) is 0 Å². The fourth-order valence-corrected chi connectivity index (χ4v) is 5.56. The van der Waals surface area contributed by atoms with Crippen molar-refractivity contribution in [1.82, 2.24) is 9.88 Å². The van der Waals surface area contributed by atoms with Crippen molar-refractivity contribution in [2.45, 2.75) is 52.0 Å². The van der Waals surface area contributed by atoms with E-state index in [0.717, 1.165) is 41.0 Å². The summed E-state index contributed by atoms with van der Waals surface area (Å²) < 4.78 is 0. The van der Waals surface area contributed by atoms with Gasteiger partial charge in [-0.2, -0.15) is 0 Å². The monoisotopic (exact) mass is 375 g/mol. The summed E-state index contributed by atoms with van der Waals surface area (Å²) in [5, 5.41) is 5.79. The molecular formula is C19H25N3OS2. The van der Waals surface area contributed by atoms with Crippen LogP contribution in [0.4, 0.5) is 5.13 Å². The van der Waals surface area contributed by atoms with E-state index < -0.39 is 0 Å². The normalized spacial score (nSPS) is 21.1. The van der Waals surface area contributed by atoms with Crippen molar-refractivity contribution in [3.05, 3.63) is 32.5 Å². The Morgan fingerprint density at radius 1 is 1.36 bits per heavy atom. The molecule has 0 aromatic carbocycles. The maximum Gasteiger partial charge on any atom is 0.267 e. The number of aryl methyl sites for hydroxylation is 1. The fourth-order valence-electron chi connectivity index (χ4n) is 3.76. The number of thiophene rings is 1. The standard InChI is InChI=1S/C19H25N3OS2/c1-13-5-6-16-14(9-13)10-17(25-16)18(23)21-19-20-15(12-24-19)11-22-7-3-2-4-8-22/h10,12-13H,2-9,11H2,1H3,(H,20,21,23). The second-order valence-corrected chi connectivity index (χ2v) is 9.34. The highest BCUT2D eigenvalue weighted by Crippen LogP contribution is 2.32. The Hall–Kier alpha value is -1.24. The van der Waals surface area contributed by atoms with Gasteiger partial charge >= 0.3 is 0 Å². The van der Waals surface area contributed by atoms with Crippen LogP contribution < -0.4 is 5.32 Å². The van der Waals surface area contributed by atoms with Gasteiger partial charge in [-0.3, -0.25) is 15.0 Å². The van der Waals surface area contributed by atoms with E-state index in [-0.39, 0.29) is 5.91 Å². The quantitative estimate of drug-likeness (QED) is 0.851. The lowest BCUT2D eigenvalue weighted by molar-refractivity contribution is 0.103. The third-order valence-corrected chi connectivity index (χ3v) is 7.20. The molecule has 0 saturated carbocycles. The third kappa shape index (κ3) is 4.13. The lowest BCUT2D eigenvalue weighted by Gasteiger charge is -2.25. The van der Waals surface area contributed by atoms with E-state index in [0.29, 0.717) is 0 Å². The van der Waals surface area contributed by atoms with Crippen LogP contribution in [0.15, 0.2) is 11.4 Å². The van der Waals surface area contributed by atoms with E-state index in [1.165, 1.54) is 60.6 Å². The number of hydrogen-bond donors (Lipinski definition) is 1. The van der Waals surface area contributed by atoms with Crippen molar-refractivity contribution in [2.75, 3.05) is 18.4 Å². The molecule has 4 rings (SSSR count). The van der Waals surface area contributed by atoms with Gasteiger partial charge in [0.2, 0.25) is 0 Å². The Balaban J connectivity index is 1.38. The first-order chi connectivity index (χ1) is 12.2. The van der Waals surface area contributed by atoms with Crippen LogP contribution in [0.1, 0.15) is 58.4 Å². The largest absolute Gasteiger partial charge is 0.297 e. The van der Waals surface area contributed by atoms with Crippen LogP contribution in [-0.4, -0.2) is 28.9 Å². The van der Waals surface area contributed by atoms with Gasteiger partial charge in [0.25, 0.3) is 5.91 Å². The number of aromatic nitrogens is 1. The fraction of sp³-hybridized carbons (Fsp3) is 0.579. The second kappa shape index (κ2) is 7.56. The molecule has 1 aliphatic carbocycles. The molecule has 25 heavy (non-hydrogen) atoms. The highest BCUT2D eigenvalue weighted by atomic mass is 32.1. The number of nitrogens with one attached hydrogen (secondary N) is 1. The van der Waals surface area contributed by atoms with Gasteiger partial charge in [-0.15, -0.1) is 22.7 Å². The van der Waals surface area contributed by atoms with Crippen LogP contribution in [0.5, 0.6) is 0 Å². The molecule has 3 heterocycles. The average molecular weight is 376 g/mol. The van der Waals surface area contributed by atoms with E-state index in [1.54, 1.807) is 11.3 Å². The zero-order valence-corrected chi connectivity index (χ0v) is 16.3. The summed E-state index contributed by atoms with van der Waals surface area (Å²) in [6.45, 7) is 5.52. The molecule has 0 spiro atoms. The molecular weight excluding hydrogens is 350 g/mol. The second-order valence-electron chi connectivity index (χ2n) is 7.34. The molecule has 1 fully saturated rings.